The number of methoxy groups -OCH3 is 1. The monoisotopic (exact) mass is 858 g/mol. The molecule has 8 rings (SSSR count). The zero-order valence-corrected chi connectivity index (χ0v) is 36.0. The van der Waals surface area contributed by atoms with Gasteiger partial charge in [0.2, 0.25) is 19.7 Å². The Kier molecular flexibility index (Phi) is 11.7. The van der Waals surface area contributed by atoms with Gasteiger partial charge in [0, 0.05) is 0 Å². The van der Waals surface area contributed by atoms with Crippen molar-refractivity contribution < 1.29 is 35.8 Å². The van der Waals surface area contributed by atoms with Gasteiger partial charge in [0.15, 0.2) is 0 Å². The Morgan fingerprint density at radius 1 is 0.306 bits per heavy atom. The fraction of sp³-hybridized carbons (Fsp3) is 0.0769. The highest BCUT2D eigenvalue weighted by atomic mass is 32.2. The number of aryl methyl sites for hydroxylation is 3. The third-order valence-corrected chi connectivity index (χ3v) is 14.1. The van der Waals surface area contributed by atoms with Gasteiger partial charge >= 0.3 is 0 Å². The molecule has 0 saturated carbocycles. The Labute approximate surface area is 362 Å². The topological polar surface area (TPSA) is 105 Å². The molecule has 8 aromatic carbocycles. The van der Waals surface area contributed by atoms with Gasteiger partial charge in [0.25, 0.3) is 0 Å². The lowest BCUT2D eigenvalue weighted by atomic mass is 10.1. The summed E-state index contributed by atoms with van der Waals surface area (Å²) in [5.41, 5.74) is 6.67. The normalized spacial score (nSPS) is 11.5. The van der Waals surface area contributed by atoms with Crippen LogP contribution in [0, 0.1) is 20.8 Å². The molecule has 0 aliphatic heterocycles. The lowest BCUT2D eigenvalue weighted by Gasteiger charge is -2.12. The summed E-state index contributed by atoms with van der Waals surface area (Å²) < 4.78 is 77.0. The van der Waals surface area contributed by atoms with Crippen LogP contribution in [0.5, 0.6) is 40.2 Å². The summed E-state index contributed by atoms with van der Waals surface area (Å²) in [4.78, 5) is 0.772. The maximum atomic E-state index is 13.5. The van der Waals surface area contributed by atoms with Crippen molar-refractivity contribution in [1.29, 1.82) is 0 Å². The number of sulfone groups is 2. The van der Waals surface area contributed by atoms with E-state index in [1.54, 1.807) is 61.7 Å². The van der Waals surface area contributed by atoms with Gasteiger partial charge in [-0.15, -0.1) is 0 Å². The second-order valence-electron chi connectivity index (χ2n) is 14.7. The van der Waals surface area contributed by atoms with E-state index in [-0.39, 0.29) is 19.6 Å². The highest BCUT2D eigenvalue weighted by Gasteiger charge is 2.20. The number of hydrogen-bond donors (Lipinski definition) is 0. The Morgan fingerprint density at radius 2 is 0.613 bits per heavy atom. The first kappa shape index (κ1) is 41.6. The average Bonchev–Trinajstić information content (AvgIpc) is 3.29. The zero-order valence-electron chi connectivity index (χ0n) is 34.4. The van der Waals surface area contributed by atoms with Crippen molar-refractivity contribution in [2.75, 3.05) is 7.11 Å². The summed E-state index contributed by atoms with van der Waals surface area (Å²) in [6, 6.07) is 53.4. The van der Waals surface area contributed by atoms with Crippen molar-refractivity contribution in [2.24, 2.45) is 0 Å². The minimum Gasteiger partial charge on any atom is -0.497 e. The first-order valence-electron chi connectivity index (χ1n) is 19.7. The van der Waals surface area contributed by atoms with Crippen molar-refractivity contribution in [3.05, 3.63) is 199 Å². The van der Waals surface area contributed by atoms with E-state index in [9.17, 15) is 16.8 Å². The number of ether oxygens (including phenoxy) is 4. The second-order valence-corrected chi connectivity index (χ2v) is 18.6. The number of rotatable bonds is 13. The van der Waals surface area contributed by atoms with E-state index in [1.807, 2.05) is 124 Å². The van der Waals surface area contributed by atoms with Crippen molar-refractivity contribution in [2.45, 2.75) is 40.4 Å². The smallest absolute Gasteiger partial charge is 0.206 e. The standard InChI is InChI=1S/C52H42O8S2/c1-35-5-26-50(33-36(35)2)62(55,56)51-31-32-52(37(3)34-51)60-47-20-12-41(13-21-47)40-10-18-44(19-11-40)59-46-24-29-49(30-25-46)61(53,54)48-27-22-45(23-28-48)58-43-16-8-39(9-17-43)38-6-14-42(57-4)15-7-38/h5-34H,1-4H3. The Morgan fingerprint density at radius 3 is 0.984 bits per heavy atom. The van der Waals surface area contributed by atoms with Crippen molar-refractivity contribution in [3.8, 4) is 62.5 Å². The Bertz CT molecular complexity index is 3070. The van der Waals surface area contributed by atoms with E-state index in [4.69, 9.17) is 18.9 Å². The molecule has 0 fully saturated rings. The van der Waals surface area contributed by atoms with Crippen molar-refractivity contribution in [3.63, 3.8) is 0 Å². The fourth-order valence-corrected chi connectivity index (χ4v) is 9.45. The quantitative estimate of drug-likeness (QED) is 0.113. The third kappa shape index (κ3) is 9.12. The van der Waals surface area contributed by atoms with Crippen LogP contribution in [-0.4, -0.2) is 23.9 Å². The van der Waals surface area contributed by atoms with Crippen LogP contribution in [0.25, 0.3) is 22.3 Å². The molecule has 0 atom stereocenters. The van der Waals surface area contributed by atoms with E-state index in [0.29, 0.717) is 40.1 Å². The first-order valence-corrected chi connectivity index (χ1v) is 22.7. The van der Waals surface area contributed by atoms with Gasteiger partial charge in [0.1, 0.15) is 40.2 Å². The van der Waals surface area contributed by atoms with Gasteiger partial charge in [-0.1, -0.05) is 54.6 Å². The molecule has 0 amide bonds. The van der Waals surface area contributed by atoms with Crippen LogP contribution in [0.1, 0.15) is 16.7 Å². The number of benzene rings is 8. The molecule has 0 aromatic heterocycles. The maximum absolute atomic E-state index is 13.5. The van der Waals surface area contributed by atoms with Crippen LogP contribution in [-0.2, 0) is 19.7 Å². The minimum atomic E-state index is -3.79. The van der Waals surface area contributed by atoms with Gasteiger partial charge in [-0.05, 0) is 187 Å². The van der Waals surface area contributed by atoms with Crippen LogP contribution in [0.3, 0.4) is 0 Å². The van der Waals surface area contributed by atoms with E-state index in [2.05, 4.69) is 0 Å². The molecular formula is C52H42O8S2. The van der Waals surface area contributed by atoms with E-state index >= 15 is 0 Å². The summed E-state index contributed by atoms with van der Waals surface area (Å²) in [5.74, 6) is 4.20. The molecule has 0 N–H and O–H groups in total. The van der Waals surface area contributed by atoms with Crippen molar-refractivity contribution >= 4 is 19.7 Å². The van der Waals surface area contributed by atoms with Gasteiger partial charge < -0.3 is 18.9 Å². The minimum absolute atomic E-state index is 0.142. The van der Waals surface area contributed by atoms with E-state index in [0.717, 1.165) is 39.1 Å². The zero-order chi connectivity index (χ0) is 43.4. The van der Waals surface area contributed by atoms with Gasteiger partial charge in [0.05, 0.1) is 26.7 Å². The van der Waals surface area contributed by atoms with Crippen LogP contribution in [0.2, 0.25) is 0 Å². The molecular weight excluding hydrogens is 817 g/mol. The number of hydrogen-bond acceptors (Lipinski definition) is 8. The summed E-state index contributed by atoms with van der Waals surface area (Å²) in [5, 5.41) is 0. The third-order valence-electron chi connectivity index (χ3n) is 10.5. The van der Waals surface area contributed by atoms with Crippen LogP contribution < -0.4 is 18.9 Å². The molecule has 0 saturated heterocycles. The first-order chi connectivity index (χ1) is 29.8. The second kappa shape index (κ2) is 17.5. The lowest BCUT2D eigenvalue weighted by molar-refractivity contribution is 0.415. The summed E-state index contributed by atoms with van der Waals surface area (Å²) >= 11 is 0. The highest BCUT2D eigenvalue weighted by molar-refractivity contribution is 7.91. The van der Waals surface area contributed by atoms with E-state index in [1.165, 1.54) is 24.3 Å². The largest absolute Gasteiger partial charge is 0.497 e. The summed E-state index contributed by atoms with van der Waals surface area (Å²) in [7, 11) is -5.82. The van der Waals surface area contributed by atoms with Crippen LogP contribution in [0.4, 0.5) is 0 Å². The van der Waals surface area contributed by atoms with Crippen LogP contribution in [0.15, 0.2) is 202 Å². The lowest BCUT2D eigenvalue weighted by Crippen LogP contribution is -2.03. The van der Waals surface area contributed by atoms with E-state index < -0.39 is 19.7 Å². The molecule has 8 nitrogen and oxygen atoms in total. The predicted octanol–water partition coefficient (Wildman–Crippen LogP) is 13.0. The van der Waals surface area contributed by atoms with Gasteiger partial charge in [-0.25, -0.2) is 16.8 Å². The average molecular weight is 859 g/mol. The molecule has 0 bridgehead atoms. The Hall–Kier alpha value is -7.14. The van der Waals surface area contributed by atoms with Gasteiger partial charge in [-0.2, -0.15) is 0 Å². The molecule has 10 heteroatoms. The molecule has 62 heavy (non-hydrogen) atoms. The molecule has 310 valence electrons. The highest BCUT2D eigenvalue weighted by Crippen LogP contribution is 2.34. The molecule has 0 spiro atoms. The van der Waals surface area contributed by atoms with Crippen LogP contribution >= 0.6 is 0 Å². The van der Waals surface area contributed by atoms with Gasteiger partial charge in [-0.3, -0.25) is 0 Å². The molecule has 8 aromatic rings. The summed E-state index contributed by atoms with van der Waals surface area (Å²) in [6.07, 6.45) is 0. The summed E-state index contributed by atoms with van der Waals surface area (Å²) in [6.45, 7) is 5.68. The molecule has 0 aliphatic rings. The SMILES string of the molecule is COc1ccc(-c2ccc(Oc3ccc(S(=O)(=O)c4ccc(Oc5ccc(-c6ccc(Oc7ccc(S(=O)(=O)c8ccc(C)c(C)c8)cc7C)cc6)cc5)cc4)cc3)cc2)cc1. The molecule has 0 aliphatic carbocycles. The molecule has 0 radical (unpaired) electrons. The molecule has 0 heterocycles. The maximum Gasteiger partial charge on any atom is 0.206 e. The molecule has 0 unspecified atom stereocenters. The Balaban J connectivity index is 0.854. The fourth-order valence-electron chi connectivity index (χ4n) is 6.76. The van der Waals surface area contributed by atoms with Crippen molar-refractivity contribution in [1.82, 2.24) is 0 Å². The predicted molar refractivity (Wildman–Crippen MR) is 241 cm³/mol.